The third-order valence-electron chi connectivity index (χ3n) is 4.44. The number of hydrogen-bond acceptors (Lipinski definition) is 5. The van der Waals surface area contributed by atoms with Crippen LogP contribution in [-0.4, -0.2) is 32.1 Å². The Morgan fingerprint density at radius 1 is 1.10 bits per heavy atom. The van der Waals surface area contributed by atoms with E-state index in [1.165, 1.54) is 19.2 Å². The highest BCUT2D eigenvalue weighted by Gasteiger charge is 2.49. The predicted octanol–water partition coefficient (Wildman–Crippen LogP) is 5.59. The first-order valence-corrected chi connectivity index (χ1v) is 9.04. The zero-order valence-corrected chi connectivity index (χ0v) is 16.7. The number of esters is 1. The van der Waals surface area contributed by atoms with Gasteiger partial charge in [0.15, 0.2) is 0 Å². The van der Waals surface area contributed by atoms with Gasteiger partial charge in [-0.05, 0) is 29.8 Å². The van der Waals surface area contributed by atoms with Crippen LogP contribution in [0.5, 0.6) is 5.75 Å². The smallest absolute Gasteiger partial charge is 0.430 e. The van der Waals surface area contributed by atoms with Crippen molar-refractivity contribution in [3.8, 4) is 5.75 Å². The van der Waals surface area contributed by atoms with Gasteiger partial charge in [-0.3, -0.25) is 4.79 Å². The molecule has 0 aromatic heterocycles. The maximum atomic E-state index is 13.9. The number of fused-ring (bicyclic) bond motifs is 1. The third kappa shape index (κ3) is 4.28. The van der Waals surface area contributed by atoms with Crippen molar-refractivity contribution in [1.29, 1.82) is 0 Å². The lowest BCUT2D eigenvalue weighted by atomic mass is 9.88. The molecule has 1 aliphatic heterocycles. The molecule has 1 heterocycles. The molecule has 0 radical (unpaired) electrons. The third-order valence-corrected chi connectivity index (χ3v) is 5.16. The number of halogens is 5. The van der Waals surface area contributed by atoms with Gasteiger partial charge in [0.1, 0.15) is 17.4 Å². The molecule has 2 aromatic carbocycles. The molecule has 0 unspecified atom stereocenters. The molecule has 2 aromatic rings. The zero-order valence-electron chi connectivity index (χ0n) is 15.2. The average Bonchev–Trinajstić information content (AvgIpc) is 2.85. The van der Waals surface area contributed by atoms with Crippen LogP contribution in [0.3, 0.4) is 0 Å². The van der Waals surface area contributed by atoms with Gasteiger partial charge in [0, 0.05) is 0 Å². The number of carbonyl (C=O) groups excluding carboxylic acids is 1. The van der Waals surface area contributed by atoms with Crippen molar-refractivity contribution in [3.63, 3.8) is 0 Å². The van der Waals surface area contributed by atoms with Crippen LogP contribution >= 0.6 is 23.2 Å². The normalized spacial score (nSPS) is 18.8. The Balaban J connectivity index is 2.24. The number of benzene rings is 2. The Hall–Kier alpha value is -2.45. The van der Waals surface area contributed by atoms with E-state index in [0.717, 1.165) is 7.11 Å². The Morgan fingerprint density at radius 2 is 1.72 bits per heavy atom. The molecule has 154 valence electrons. The minimum absolute atomic E-state index is 0.0370. The van der Waals surface area contributed by atoms with Gasteiger partial charge in [0.25, 0.3) is 0 Å². The highest BCUT2D eigenvalue weighted by Crippen LogP contribution is 2.44. The number of carbonyl (C=O) groups is 1. The summed E-state index contributed by atoms with van der Waals surface area (Å²) in [5.74, 6) is -2.34. The Kier molecular flexibility index (Phi) is 5.95. The van der Waals surface area contributed by atoms with Crippen molar-refractivity contribution in [2.75, 3.05) is 19.5 Å². The fraction of sp³-hybridized carbons (Fsp3) is 0.263. The van der Waals surface area contributed by atoms with Gasteiger partial charge >= 0.3 is 12.1 Å². The molecular formula is C19H15Cl2F3N2O3. The van der Waals surface area contributed by atoms with Gasteiger partial charge < -0.3 is 14.8 Å². The van der Waals surface area contributed by atoms with E-state index in [9.17, 15) is 18.0 Å². The molecule has 0 saturated heterocycles. The summed E-state index contributed by atoms with van der Waals surface area (Å²) in [5, 5.41) is 3.12. The average molecular weight is 447 g/mol. The Morgan fingerprint density at radius 3 is 2.28 bits per heavy atom. The number of nitrogens with one attached hydrogen (secondary N) is 1. The van der Waals surface area contributed by atoms with Crippen LogP contribution in [0.1, 0.15) is 11.6 Å². The lowest BCUT2D eigenvalue weighted by Gasteiger charge is -2.27. The summed E-state index contributed by atoms with van der Waals surface area (Å²) < 4.78 is 51.5. The van der Waals surface area contributed by atoms with E-state index in [0.29, 0.717) is 11.3 Å². The molecule has 0 aliphatic carbocycles. The quantitative estimate of drug-likeness (QED) is 0.623. The van der Waals surface area contributed by atoms with Crippen LogP contribution in [0, 0.1) is 5.92 Å². The zero-order chi connectivity index (χ0) is 21.3. The second-order valence-electron chi connectivity index (χ2n) is 6.17. The molecule has 3 rings (SSSR count). The van der Waals surface area contributed by atoms with Gasteiger partial charge in [-0.2, -0.15) is 13.2 Å². The van der Waals surface area contributed by atoms with E-state index in [1.807, 2.05) is 0 Å². The van der Waals surface area contributed by atoms with Crippen LogP contribution in [0.2, 0.25) is 10.0 Å². The van der Waals surface area contributed by atoms with Crippen molar-refractivity contribution >= 4 is 46.3 Å². The molecule has 1 N–H and O–H groups in total. The van der Waals surface area contributed by atoms with Gasteiger partial charge in [-0.25, -0.2) is 4.99 Å². The molecule has 0 spiro atoms. The number of ether oxygens (including phenoxy) is 2. The van der Waals surface area contributed by atoms with E-state index in [-0.39, 0.29) is 21.4 Å². The van der Waals surface area contributed by atoms with Crippen molar-refractivity contribution < 1.29 is 27.4 Å². The largest absolute Gasteiger partial charge is 0.497 e. The fourth-order valence-electron chi connectivity index (χ4n) is 3.05. The summed E-state index contributed by atoms with van der Waals surface area (Å²) in [6, 6.07) is 7.72. The number of anilines is 1. The molecule has 2 atom stereocenters. The van der Waals surface area contributed by atoms with Gasteiger partial charge in [0.05, 0.1) is 41.7 Å². The second-order valence-corrected chi connectivity index (χ2v) is 6.99. The summed E-state index contributed by atoms with van der Waals surface area (Å²) in [6.07, 6.45) is -4.89. The standard InChI is InChI=1S/C19H15Cl2F3N2O3/c1-28-10-5-3-9(4-6-10)16-15(18(27)29-2)17(19(22,23)24)26-14-8-12(21)11(20)7-13(14)25-16/h3-8,15-16,25H,1-2H3/t15-,16+/m0/s1. The molecular weight excluding hydrogens is 432 g/mol. The summed E-state index contributed by atoms with van der Waals surface area (Å²) in [6.45, 7) is 0. The van der Waals surface area contributed by atoms with E-state index in [4.69, 9.17) is 27.9 Å². The number of alkyl halides is 3. The highest BCUT2D eigenvalue weighted by atomic mass is 35.5. The molecule has 1 aliphatic rings. The fourth-order valence-corrected chi connectivity index (χ4v) is 3.38. The number of rotatable bonds is 3. The first-order chi connectivity index (χ1) is 13.7. The van der Waals surface area contributed by atoms with Crippen LogP contribution < -0.4 is 10.1 Å². The van der Waals surface area contributed by atoms with Crippen molar-refractivity contribution in [3.05, 3.63) is 52.0 Å². The maximum absolute atomic E-state index is 13.9. The molecule has 10 heteroatoms. The van der Waals surface area contributed by atoms with Crippen molar-refractivity contribution in [1.82, 2.24) is 0 Å². The monoisotopic (exact) mass is 446 g/mol. The van der Waals surface area contributed by atoms with Crippen LogP contribution in [0.25, 0.3) is 0 Å². The van der Waals surface area contributed by atoms with Gasteiger partial charge in [-0.1, -0.05) is 35.3 Å². The van der Waals surface area contributed by atoms with Crippen LogP contribution in [0.4, 0.5) is 24.5 Å². The first-order valence-electron chi connectivity index (χ1n) is 8.29. The van der Waals surface area contributed by atoms with Crippen molar-refractivity contribution in [2.24, 2.45) is 10.9 Å². The molecule has 0 fully saturated rings. The summed E-state index contributed by atoms with van der Waals surface area (Å²) in [4.78, 5) is 16.2. The number of nitrogens with zero attached hydrogens (tertiary/aromatic N) is 1. The Labute approximate surface area is 174 Å². The van der Waals surface area contributed by atoms with Crippen LogP contribution in [0.15, 0.2) is 41.4 Å². The van der Waals surface area contributed by atoms with E-state index in [1.54, 1.807) is 24.3 Å². The second kappa shape index (κ2) is 8.12. The summed E-state index contributed by atoms with van der Waals surface area (Å²) in [7, 11) is 2.49. The van der Waals surface area contributed by atoms with Crippen molar-refractivity contribution in [2.45, 2.75) is 12.2 Å². The minimum Gasteiger partial charge on any atom is -0.497 e. The van der Waals surface area contributed by atoms with Gasteiger partial charge in [0.2, 0.25) is 0 Å². The maximum Gasteiger partial charge on any atom is 0.430 e. The molecule has 0 bridgehead atoms. The van der Waals surface area contributed by atoms with Gasteiger partial charge in [-0.15, -0.1) is 0 Å². The molecule has 29 heavy (non-hydrogen) atoms. The van der Waals surface area contributed by atoms with E-state index in [2.05, 4.69) is 15.0 Å². The van der Waals surface area contributed by atoms with E-state index >= 15 is 0 Å². The highest BCUT2D eigenvalue weighted by molar-refractivity contribution is 6.42. The van der Waals surface area contributed by atoms with E-state index < -0.39 is 29.8 Å². The number of methoxy groups -OCH3 is 2. The lowest BCUT2D eigenvalue weighted by Crippen LogP contribution is -2.41. The number of aliphatic imine (C=N–C) groups is 1. The van der Waals surface area contributed by atoms with Crippen LogP contribution in [-0.2, 0) is 9.53 Å². The predicted molar refractivity (Wildman–Crippen MR) is 104 cm³/mol. The first kappa shape index (κ1) is 21.3. The Bertz CT molecular complexity index is 962. The molecule has 0 saturated carbocycles. The summed E-state index contributed by atoms with van der Waals surface area (Å²) in [5.41, 5.74) is -0.781. The lowest BCUT2D eigenvalue weighted by molar-refractivity contribution is -0.145. The number of hydrogen-bond donors (Lipinski definition) is 1. The SMILES string of the molecule is COC(=O)[C@@H]1C(C(F)(F)F)=Nc2cc(Cl)c(Cl)cc2N[C@@H]1c1ccc(OC)cc1. The topological polar surface area (TPSA) is 59.9 Å². The molecule has 5 nitrogen and oxygen atoms in total. The summed E-state index contributed by atoms with van der Waals surface area (Å²) >= 11 is 12.0. The molecule has 0 amide bonds. The minimum atomic E-state index is -4.89.